The number of pyridine rings is 1. The predicted octanol–water partition coefficient (Wildman–Crippen LogP) is 0.646. The number of nitrogens with zero attached hydrogens (tertiary/aromatic N) is 9. The second kappa shape index (κ2) is 7.50. The fraction of sp³-hybridized carbons (Fsp3) is 0.250. The first-order chi connectivity index (χ1) is 15.4. The van der Waals surface area contributed by atoms with Gasteiger partial charge in [-0.25, -0.2) is 19.6 Å². The van der Waals surface area contributed by atoms with E-state index in [1.54, 1.807) is 30.1 Å². The molecule has 1 aliphatic heterocycles. The molecule has 0 aliphatic carbocycles. The lowest BCUT2D eigenvalue weighted by atomic mass is 9.99. The molecule has 4 aromatic rings. The number of likely N-dealkylation sites (N-methyl/N-ethyl adjacent to an activating group) is 1. The molecule has 1 unspecified atom stereocenters. The summed E-state index contributed by atoms with van der Waals surface area (Å²) >= 11 is 0. The van der Waals surface area contributed by atoms with E-state index < -0.39 is 5.60 Å². The van der Waals surface area contributed by atoms with Crippen LogP contribution in [-0.2, 0) is 17.4 Å². The molecule has 1 aliphatic rings. The van der Waals surface area contributed by atoms with E-state index in [0.29, 0.717) is 35.5 Å². The molecule has 0 bridgehead atoms. The van der Waals surface area contributed by atoms with Crippen LogP contribution in [0.3, 0.4) is 0 Å². The van der Waals surface area contributed by atoms with Crippen LogP contribution < -0.4 is 5.32 Å². The van der Waals surface area contributed by atoms with Crippen molar-refractivity contribution in [1.82, 2.24) is 44.6 Å². The molecular weight excluding hydrogens is 412 g/mol. The van der Waals surface area contributed by atoms with Crippen LogP contribution in [0.2, 0.25) is 0 Å². The number of aromatic nitrogens is 8. The Kier molecular flexibility index (Phi) is 4.63. The van der Waals surface area contributed by atoms with Crippen molar-refractivity contribution in [3.8, 4) is 17.2 Å². The smallest absolute Gasteiger partial charge is 0.260 e. The largest absolute Gasteiger partial charge is 0.374 e. The maximum absolute atomic E-state index is 12.3. The van der Waals surface area contributed by atoms with E-state index in [4.69, 9.17) is 0 Å². The molecule has 1 saturated heterocycles. The average molecular weight is 432 g/mol. The monoisotopic (exact) mass is 432 g/mol. The maximum atomic E-state index is 12.3. The van der Waals surface area contributed by atoms with E-state index in [0.717, 1.165) is 0 Å². The lowest BCUT2D eigenvalue weighted by Crippen LogP contribution is -2.36. The van der Waals surface area contributed by atoms with Gasteiger partial charge >= 0.3 is 0 Å². The number of amides is 1. The zero-order chi connectivity index (χ0) is 22.3. The molecule has 1 atom stereocenters. The Morgan fingerprint density at radius 1 is 1.12 bits per heavy atom. The number of aryl methyl sites for hydroxylation is 1. The molecule has 12 heteroatoms. The van der Waals surface area contributed by atoms with Crippen molar-refractivity contribution in [3.05, 3.63) is 54.6 Å². The standard InChI is InChI=1S/C20H20N10O2/c1-28-11-8-20(32,18(28)31)15-12-30(27-25-15)17-5-3-4-13(22-17)14-6-9-21-19(23-14)24-16-7-10-29(2)26-16/h3-7,9-10,12,32H,8,11H2,1-2H3,(H,21,23,24,26). The third kappa shape index (κ3) is 3.46. The lowest BCUT2D eigenvalue weighted by Gasteiger charge is -2.17. The topological polar surface area (TPSA) is 140 Å². The Labute approximate surface area is 182 Å². The number of likely N-dealkylation sites (tertiary alicyclic amines) is 1. The molecule has 1 amide bonds. The second-order valence-corrected chi connectivity index (χ2v) is 7.53. The zero-order valence-corrected chi connectivity index (χ0v) is 17.4. The first-order valence-corrected chi connectivity index (χ1v) is 9.91. The SMILES string of the molecule is CN1CCC(O)(c2cn(-c3cccc(-c4ccnc(Nc5ccn(C)n5)n4)n3)nn2)C1=O. The van der Waals surface area contributed by atoms with Gasteiger partial charge in [-0.05, 0) is 18.2 Å². The van der Waals surface area contributed by atoms with Crippen molar-refractivity contribution in [3.63, 3.8) is 0 Å². The quantitative estimate of drug-likeness (QED) is 0.465. The van der Waals surface area contributed by atoms with Gasteiger partial charge in [0.15, 0.2) is 17.2 Å². The van der Waals surface area contributed by atoms with Gasteiger partial charge < -0.3 is 15.3 Å². The minimum Gasteiger partial charge on any atom is -0.374 e. The van der Waals surface area contributed by atoms with Crippen LogP contribution in [0.4, 0.5) is 11.8 Å². The van der Waals surface area contributed by atoms with Gasteiger partial charge in [0, 0.05) is 45.5 Å². The third-order valence-electron chi connectivity index (χ3n) is 5.27. The number of hydrogen-bond acceptors (Lipinski definition) is 9. The fourth-order valence-electron chi connectivity index (χ4n) is 3.51. The highest BCUT2D eigenvalue weighted by Gasteiger charge is 2.47. The van der Waals surface area contributed by atoms with Crippen molar-refractivity contribution in [2.75, 3.05) is 18.9 Å². The van der Waals surface area contributed by atoms with Crippen LogP contribution in [0.1, 0.15) is 12.1 Å². The summed E-state index contributed by atoms with van der Waals surface area (Å²) in [4.78, 5) is 27.2. The first-order valence-electron chi connectivity index (χ1n) is 9.91. The molecule has 0 spiro atoms. The van der Waals surface area contributed by atoms with E-state index in [1.165, 1.54) is 15.8 Å². The number of hydrogen-bond donors (Lipinski definition) is 2. The van der Waals surface area contributed by atoms with Crippen LogP contribution in [0.25, 0.3) is 17.2 Å². The molecule has 2 N–H and O–H groups in total. The van der Waals surface area contributed by atoms with E-state index in [9.17, 15) is 9.90 Å². The van der Waals surface area contributed by atoms with Gasteiger partial charge in [0.05, 0.1) is 17.6 Å². The molecule has 5 rings (SSSR count). The van der Waals surface area contributed by atoms with Crippen molar-refractivity contribution in [2.45, 2.75) is 12.0 Å². The maximum Gasteiger partial charge on any atom is 0.260 e. The molecule has 0 aromatic carbocycles. The van der Waals surface area contributed by atoms with Crippen molar-refractivity contribution < 1.29 is 9.90 Å². The Balaban J connectivity index is 1.42. The predicted molar refractivity (Wildman–Crippen MR) is 113 cm³/mol. The summed E-state index contributed by atoms with van der Waals surface area (Å²) in [7, 11) is 3.47. The minimum atomic E-state index is -1.66. The van der Waals surface area contributed by atoms with Crippen LogP contribution in [-0.4, -0.2) is 69.2 Å². The van der Waals surface area contributed by atoms with Gasteiger partial charge in [0.2, 0.25) is 5.95 Å². The fourth-order valence-corrected chi connectivity index (χ4v) is 3.51. The summed E-state index contributed by atoms with van der Waals surface area (Å²) in [6.45, 7) is 0.457. The Morgan fingerprint density at radius 3 is 2.72 bits per heavy atom. The molecule has 12 nitrogen and oxygen atoms in total. The third-order valence-corrected chi connectivity index (χ3v) is 5.27. The second-order valence-electron chi connectivity index (χ2n) is 7.53. The highest BCUT2D eigenvalue weighted by molar-refractivity contribution is 5.87. The molecule has 1 fully saturated rings. The van der Waals surface area contributed by atoms with Gasteiger partial charge in [-0.2, -0.15) is 5.10 Å². The summed E-state index contributed by atoms with van der Waals surface area (Å²) in [6.07, 6.45) is 5.24. The molecule has 32 heavy (non-hydrogen) atoms. The van der Waals surface area contributed by atoms with Crippen LogP contribution in [0.5, 0.6) is 0 Å². The van der Waals surface area contributed by atoms with E-state index >= 15 is 0 Å². The molecule has 0 saturated carbocycles. The lowest BCUT2D eigenvalue weighted by molar-refractivity contribution is -0.143. The van der Waals surface area contributed by atoms with Gasteiger partial charge in [-0.3, -0.25) is 9.48 Å². The zero-order valence-electron chi connectivity index (χ0n) is 17.4. The van der Waals surface area contributed by atoms with Crippen LogP contribution in [0.15, 0.2) is 48.9 Å². The Hall–Kier alpha value is -4.19. The van der Waals surface area contributed by atoms with E-state index in [1.807, 2.05) is 31.4 Å². The summed E-state index contributed by atoms with van der Waals surface area (Å²) in [5, 5.41) is 26.2. The van der Waals surface area contributed by atoms with E-state index in [2.05, 4.69) is 35.7 Å². The van der Waals surface area contributed by atoms with Crippen molar-refractivity contribution in [2.24, 2.45) is 7.05 Å². The summed E-state index contributed by atoms with van der Waals surface area (Å²) in [6, 6.07) is 8.95. The first kappa shape index (κ1) is 19.8. The van der Waals surface area contributed by atoms with Crippen molar-refractivity contribution >= 4 is 17.7 Å². The van der Waals surface area contributed by atoms with Crippen LogP contribution in [0, 0.1) is 0 Å². The molecule has 5 heterocycles. The number of carbonyl (C=O) groups excluding carboxylic acids is 1. The summed E-state index contributed by atoms with van der Waals surface area (Å²) in [5.74, 6) is 1.11. The highest BCUT2D eigenvalue weighted by atomic mass is 16.3. The molecular formula is C20H20N10O2. The van der Waals surface area contributed by atoms with E-state index in [-0.39, 0.29) is 18.0 Å². The van der Waals surface area contributed by atoms with Crippen LogP contribution >= 0.6 is 0 Å². The molecule has 162 valence electrons. The van der Waals surface area contributed by atoms with Gasteiger partial charge in [-0.1, -0.05) is 11.3 Å². The van der Waals surface area contributed by atoms with Gasteiger partial charge in [-0.15, -0.1) is 5.10 Å². The minimum absolute atomic E-state index is 0.197. The number of anilines is 2. The number of nitrogens with one attached hydrogen (secondary N) is 1. The van der Waals surface area contributed by atoms with Crippen molar-refractivity contribution in [1.29, 1.82) is 0 Å². The number of carbonyl (C=O) groups is 1. The highest BCUT2D eigenvalue weighted by Crippen LogP contribution is 2.31. The summed E-state index contributed by atoms with van der Waals surface area (Å²) in [5.41, 5.74) is -0.264. The van der Waals surface area contributed by atoms with Gasteiger partial charge in [0.1, 0.15) is 5.69 Å². The normalized spacial score (nSPS) is 18.3. The Morgan fingerprint density at radius 2 is 1.97 bits per heavy atom. The molecule has 0 radical (unpaired) electrons. The average Bonchev–Trinajstić information content (AvgIpc) is 3.52. The number of aliphatic hydroxyl groups is 1. The Bertz CT molecular complexity index is 1300. The summed E-state index contributed by atoms with van der Waals surface area (Å²) < 4.78 is 3.11. The van der Waals surface area contributed by atoms with Gasteiger partial charge in [0.25, 0.3) is 5.91 Å². The molecule has 4 aromatic heterocycles. The number of rotatable bonds is 5.